The number of nitrogens with zero attached hydrogens (tertiary/aromatic N) is 2. The van der Waals surface area contributed by atoms with E-state index >= 15 is 0 Å². The predicted octanol–water partition coefficient (Wildman–Crippen LogP) is -0.259. The van der Waals surface area contributed by atoms with Gasteiger partial charge in [0, 0.05) is 32.0 Å². The van der Waals surface area contributed by atoms with Gasteiger partial charge in [-0.2, -0.15) is 0 Å². The lowest BCUT2D eigenvalue weighted by molar-refractivity contribution is 0.0396. The second kappa shape index (κ2) is 5.49. The van der Waals surface area contributed by atoms with Gasteiger partial charge in [0.25, 0.3) is 5.91 Å². The highest BCUT2D eigenvalue weighted by Gasteiger charge is 2.49. The molecule has 1 aromatic rings. The SMILES string of the molecule is O=C1NCC2(CN(C(=O)c3cncc(CC4CCNC4)c3)C2)N1. The van der Waals surface area contributed by atoms with Crippen LogP contribution in [0.5, 0.6) is 0 Å². The van der Waals surface area contributed by atoms with Crippen molar-refractivity contribution in [2.24, 2.45) is 5.92 Å². The highest BCUT2D eigenvalue weighted by molar-refractivity contribution is 5.95. The summed E-state index contributed by atoms with van der Waals surface area (Å²) in [6.45, 7) is 3.82. The molecule has 0 radical (unpaired) electrons. The van der Waals surface area contributed by atoms with Crippen molar-refractivity contribution in [1.29, 1.82) is 0 Å². The summed E-state index contributed by atoms with van der Waals surface area (Å²) in [6, 6.07) is 1.82. The normalized spacial score (nSPS) is 25.1. The molecule has 0 bridgehead atoms. The van der Waals surface area contributed by atoms with Crippen LogP contribution in [-0.4, -0.2) is 60.1 Å². The molecule has 4 rings (SSSR count). The van der Waals surface area contributed by atoms with E-state index in [1.165, 1.54) is 6.42 Å². The summed E-state index contributed by atoms with van der Waals surface area (Å²) in [6.07, 6.45) is 5.63. The Labute approximate surface area is 134 Å². The molecule has 7 nitrogen and oxygen atoms in total. The van der Waals surface area contributed by atoms with Crippen molar-refractivity contribution in [1.82, 2.24) is 25.8 Å². The monoisotopic (exact) mass is 315 g/mol. The molecule has 3 amide bonds. The summed E-state index contributed by atoms with van der Waals surface area (Å²) in [5, 5.41) is 9.01. The fourth-order valence-corrected chi connectivity index (χ4v) is 3.72. The molecule has 0 aromatic carbocycles. The van der Waals surface area contributed by atoms with E-state index in [4.69, 9.17) is 0 Å². The molecule has 0 saturated carbocycles. The van der Waals surface area contributed by atoms with Gasteiger partial charge in [0.15, 0.2) is 0 Å². The van der Waals surface area contributed by atoms with Crippen molar-refractivity contribution in [3.05, 3.63) is 29.6 Å². The fraction of sp³-hybridized carbons (Fsp3) is 0.562. The van der Waals surface area contributed by atoms with Crippen molar-refractivity contribution in [3.63, 3.8) is 0 Å². The second-order valence-electron chi connectivity index (χ2n) is 6.89. The lowest BCUT2D eigenvalue weighted by Gasteiger charge is -2.46. The average molecular weight is 315 g/mol. The minimum atomic E-state index is -0.271. The first-order valence-corrected chi connectivity index (χ1v) is 8.14. The van der Waals surface area contributed by atoms with E-state index in [0.29, 0.717) is 31.1 Å². The first-order valence-electron chi connectivity index (χ1n) is 8.14. The minimum absolute atomic E-state index is 0.00401. The van der Waals surface area contributed by atoms with Crippen molar-refractivity contribution in [2.75, 3.05) is 32.7 Å². The van der Waals surface area contributed by atoms with Crippen LogP contribution in [-0.2, 0) is 6.42 Å². The Morgan fingerprint density at radius 1 is 1.39 bits per heavy atom. The van der Waals surface area contributed by atoms with Gasteiger partial charge in [-0.15, -0.1) is 0 Å². The number of carbonyl (C=O) groups is 2. The van der Waals surface area contributed by atoms with Crippen LogP contribution in [0.4, 0.5) is 4.79 Å². The molecule has 4 heterocycles. The molecule has 1 spiro atoms. The molecular weight excluding hydrogens is 294 g/mol. The number of rotatable bonds is 3. The standard InChI is InChI=1S/C16H21N5O2/c22-14(21-9-16(10-21)8-19-15(23)20-16)13-4-12(6-18-7-13)3-11-1-2-17-5-11/h4,6-7,11,17H,1-3,5,8-10H2,(H2,19,20,23). The summed E-state index contributed by atoms with van der Waals surface area (Å²) in [5.41, 5.74) is 1.49. The quantitative estimate of drug-likeness (QED) is 0.717. The maximum atomic E-state index is 12.6. The number of pyridine rings is 1. The molecule has 122 valence electrons. The van der Waals surface area contributed by atoms with Crippen LogP contribution in [0.25, 0.3) is 0 Å². The highest BCUT2D eigenvalue weighted by Crippen LogP contribution is 2.25. The topological polar surface area (TPSA) is 86.4 Å². The number of likely N-dealkylation sites (tertiary alicyclic amines) is 1. The predicted molar refractivity (Wildman–Crippen MR) is 84.1 cm³/mol. The second-order valence-corrected chi connectivity index (χ2v) is 6.89. The molecular formula is C16H21N5O2. The Morgan fingerprint density at radius 2 is 2.26 bits per heavy atom. The summed E-state index contributed by atoms with van der Waals surface area (Å²) in [7, 11) is 0. The maximum Gasteiger partial charge on any atom is 0.315 e. The van der Waals surface area contributed by atoms with Crippen LogP contribution >= 0.6 is 0 Å². The number of urea groups is 1. The summed E-state index contributed by atoms with van der Waals surface area (Å²) < 4.78 is 0. The van der Waals surface area contributed by atoms with Crippen molar-refractivity contribution < 1.29 is 9.59 Å². The lowest BCUT2D eigenvalue weighted by Crippen LogP contribution is -2.70. The van der Waals surface area contributed by atoms with Crippen LogP contribution in [0.15, 0.2) is 18.5 Å². The fourth-order valence-electron chi connectivity index (χ4n) is 3.72. The van der Waals surface area contributed by atoms with Gasteiger partial charge in [0.2, 0.25) is 0 Å². The zero-order chi connectivity index (χ0) is 15.9. The van der Waals surface area contributed by atoms with Crippen LogP contribution in [0.3, 0.4) is 0 Å². The van der Waals surface area contributed by atoms with Gasteiger partial charge in [0.05, 0.1) is 11.1 Å². The van der Waals surface area contributed by atoms with E-state index in [0.717, 1.165) is 25.1 Å². The van der Waals surface area contributed by atoms with Gasteiger partial charge in [0.1, 0.15) is 0 Å². The largest absolute Gasteiger partial charge is 0.336 e. The van der Waals surface area contributed by atoms with E-state index in [1.54, 1.807) is 11.1 Å². The maximum absolute atomic E-state index is 12.6. The molecule has 1 unspecified atom stereocenters. The molecule has 3 N–H and O–H groups in total. The number of carbonyl (C=O) groups excluding carboxylic acids is 2. The minimum Gasteiger partial charge on any atom is -0.336 e. The van der Waals surface area contributed by atoms with Crippen LogP contribution in [0.1, 0.15) is 22.3 Å². The van der Waals surface area contributed by atoms with Gasteiger partial charge in [-0.3, -0.25) is 9.78 Å². The molecule has 7 heteroatoms. The summed E-state index contributed by atoms with van der Waals surface area (Å²) >= 11 is 0. The molecule has 1 atom stereocenters. The van der Waals surface area contributed by atoms with Gasteiger partial charge >= 0.3 is 6.03 Å². The van der Waals surface area contributed by atoms with Crippen molar-refractivity contribution in [2.45, 2.75) is 18.4 Å². The van der Waals surface area contributed by atoms with Crippen LogP contribution < -0.4 is 16.0 Å². The number of aromatic nitrogens is 1. The smallest absolute Gasteiger partial charge is 0.315 e. The molecule has 3 aliphatic rings. The van der Waals surface area contributed by atoms with Gasteiger partial charge < -0.3 is 20.9 Å². The number of hydrogen-bond donors (Lipinski definition) is 3. The molecule has 0 aliphatic carbocycles. The molecule has 3 aliphatic heterocycles. The molecule has 3 saturated heterocycles. The number of nitrogens with one attached hydrogen (secondary N) is 3. The first-order chi connectivity index (χ1) is 11.1. The van der Waals surface area contributed by atoms with E-state index in [1.807, 2.05) is 12.3 Å². The zero-order valence-corrected chi connectivity index (χ0v) is 13.0. The Bertz CT molecular complexity index is 635. The van der Waals surface area contributed by atoms with Gasteiger partial charge in [-0.1, -0.05) is 0 Å². The van der Waals surface area contributed by atoms with E-state index in [-0.39, 0.29) is 17.5 Å². The Morgan fingerprint density at radius 3 is 2.96 bits per heavy atom. The average Bonchev–Trinajstić information content (AvgIpc) is 3.15. The van der Waals surface area contributed by atoms with E-state index in [9.17, 15) is 9.59 Å². The highest BCUT2D eigenvalue weighted by atomic mass is 16.2. The molecule has 1 aromatic heterocycles. The lowest BCUT2D eigenvalue weighted by atomic mass is 9.90. The van der Waals surface area contributed by atoms with Gasteiger partial charge in [-0.05, 0) is 43.5 Å². The van der Waals surface area contributed by atoms with Crippen LogP contribution in [0.2, 0.25) is 0 Å². The number of amides is 3. The first kappa shape index (κ1) is 14.4. The van der Waals surface area contributed by atoms with E-state index < -0.39 is 0 Å². The van der Waals surface area contributed by atoms with Crippen molar-refractivity contribution >= 4 is 11.9 Å². The Balaban J connectivity index is 1.40. The zero-order valence-electron chi connectivity index (χ0n) is 13.0. The third-order valence-corrected chi connectivity index (χ3v) is 4.97. The molecule has 3 fully saturated rings. The van der Waals surface area contributed by atoms with Crippen molar-refractivity contribution in [3.8, 4) is 0 Å². The van der Waals surface area contributed by atoms with E-state index in [2.05, 4.69) is 20.9 Å². The third kappa shape index (κ3) is 2.76. The van der Waals surface area contributed by atoms with Gasteiger partial charge in [-0.25, -0.2) is 4.79 Å². The number of hydrogen-bond acceptors (Lipinski definition) is 4. The summed E-state index contributed by atoms with van der Waals surface area (Å²) in [4.78, 5) is 29.9. The Hall–Kier alpha value is -2.15. The third-order valence-electron chi connectivity index (χ3n) is 4.97. The summed E-state index contributed by atoms with van der Waals surface area (Å²) in [5.74, 6) is 0.630. The Kier molecular flexibility index (Phi) is 3.45. The van der Waals surface area contributed by atoms with Crippen LogP contribution in [0, 0.1) is 5.92 Å². The molecule has 23 heavy (non-hydrogen) atoms.